The van der Waals surface area contributed by atoms with E-state index in [-0.39, 0.29) is 12.0 Å². The number of carbonyl (C=O) groups excluding carboxylic acids is 1. The molecule has 0 bridgehead atoms. The SMILES string of the molecule is O=C(Cn1cccc(C(F)(F)F)c1=O)N1CCC(c2nc(C3=NOC(c4cc(Cl)ccc4Cl)C3)cs2)CC1. The number of thiazole rings is 1. The number of aromatic nitrogens is 2. The fourth-order valence-electron chi connectivity index (χ4n) is 4.56. The zero-order chi connectivity index (χ0) is 27.0. The van der Waals surface area contributed by atoms with Crippen molar-refractivity contribution in [2.24, 2.45) is 5.16 Å². The summed E-state index contributed by atoms with van der Waals surface area (Å²) in [6, 6.07) is 7.03. The number of nitrogens with zero attached hydrogens (tertiary/aromatic N) is 4. The minimum atomic E-state index is -4.77. The number of carbonyl (C=O) groups is 1. The molecular formula is C25H21Cl2F3N4O3S. The Hall–Kier alpha value is -2.89. The molecule has 1 aromatic carbocycles. The van der Waals surface area contributed by atoms with E-state index < -0.39 is 29.8 Å². The number of pyridine rings is 1. The molecule has 2 aliphatic heterocycles. The summed E-state index contributed by atoms with van der Waals surface area (Å²) in [4.78, 5) is 36.8. The number of likely N-dealkylation sites (tertiary alicyclic amines) is 1. The standard InChI is InChI=1S/C25H21Cl2F3N4O3S/c26-15-3-4-18(27)16(10-15)21-11-19(32-37-21)20-13-38-23(31-20)14-5-8-33(9-6-14)22(35)12-34-7-1-2-17(24(34)36)25(28,29)30/h1-4,7,10,13-14,21H,5-6,8-9,11-12H2. The summed E-state index contributed by atoms with van der Waals surface area (Å²) in [6.07, 6.45) is -2.11. The minimum absolute atomic E-state index is 0.134. The molecule has 0 saturated carbocycles. The highest BCUT2D eigenvalue weighted by Gasteiger charge is 2.35. The number of oxime groups is 1. The maximum Gasteiger partial charge on any atom is 0.421 e. The van der Waals surface area contributed by atoms with Gasteiger partial charge in [-0.2, -0.15) is 13.2 Å². The van der Waals surface area contributed by atoms with Gasteiger partial charge in [0.1, 0.15) is 17.8 Å². The van der Waals surface area contributed by atoms with Crippen LogP contribution < -0.4 is 5.56 Å². The Morgan fingerprint density at radius 1 is 1.18 bits per heavy atom. The van der Waals surface area contributed by atoms with Crippen LogP contribution in [0.5, 0.6) is 0 Å². The van der Waals surface area contributed by atoms with Crippen molar-refractivity contribution in [3.8, 4) is 0 Å². The number of hydrogen-bond donors (Lipinski definition) is 0. The second kappa shape index (κ2) is 10.7. The average Bonchev–Trinajstić information content (AvgIpc) is 3.56. The van der Waals surface area contributed by atoms with Gasteiger partial charge in [0.05, 0.1) is 10.7 Å². The van der Waals surface area contributed by atoms with Crippen LogP contribution in [-0.4, -0.2) is 39.2 Å². The Morgan fingerprint density at radius 2 is 1.95 bits per heavy atom. The summed E-state index contributed by atoms with van der Waals surface area (Å²) in [5.74, 6) is -0.261. The van der Waals surface area contributed by atoms with Gasteiger partial charge in [-0.25, -0.2) is 4.98 Å². The lowest BCUT2D eigenvalue weighted by atomic mass is 9.97. The van der Waals surface area contributed by atoms with E-state index in [9.17, 15) is 22.8 Å². The third-order valence-electron chi connectivity index (χ3n) is 6.62. The van der Waals surface area contributed by atoms with Gasteiger partial charge < -0.3 is 14.3 Å². The zero-order valence-corrected chi connectivity index (χ0v) is 22.1. The lowest BCUT2D eigenvalue weighted by molar-refractivity contribution is -0.139. The lowest BCUT2D eigenvalue weighted by Crippen LogP contribution is -2.41. The molecule has 4 heterocycles. The molecule has 1 unspecified atom stereocenters. The number of rotatable bonds is 5. The molecule has 1 saturated heterocycles. The Labute approximate surface area is 229 Å². The maximum absolute atomic E-state index is 13.0. The van der Waals surface area contributed by atoms with E-state index in [0.29, 0.717) is 54.2 Å². The molecule has 3 aromatic rings. The average molecular weight is 585 g/mol. The van der Waals surface area contributed by atoms with Crippen molar-refractivity contribution in [2.45, 2.75) is 44.0 Å². The molecule has 0 N–H and O–H groups in total. The molecule has 1 amide bonds. The number of amides is 1. The van der Waals surface area contributed by atoms with Gasteiger partial charge in [-0.1, -0.05) is 28.4 Å². The van der Waals surface area contributed by atoms with Gasteiger partial charge >= 0.3 is 6.18 Å². The van der Waals surface area contributed by atoms with E-state index in [1.54, 1.807) is 23.1 Å². The second-order valence-corrected chi connectivity index (χ2v) is 10.8. The Bertz CT molecular complexity index is 1450. The van der Waals surface area contributed by atoms with Crippen LogP contribution in [0.1, 0.15) is 53.1 Å². The van der Waals surface area contributed by atoms with Crippen LogP contribution in [0.15, 0.2) is 51.9 Å². The molecule has 1 atom stereocenters. The van der Waals surface area contributed by atoms with E-state index >= 15 is 0 Å². The largest absolute Gasteiger partial charge is 0.421 e. The van der Waals surface area contributed by atoms with Gasteiger partial charge in [0.25, 0.3) is 5.56 Å². The van der Waals surface area contributed by atoms with Crippen LogP contribution in [0.3, 0.4) is 0 Å². The van der Waals surface area contributed by atoms with Gasteiger partial charge in [0, 0.05) is 52.6 Å². The fourth-order valence-corrected chi connectivity index (χ4v) is 5.98. The topological polar surface area (TPSA) is 76.8 Å². The molecule has 2 aliphatic rings. The van der Waals surface area contributed by atoms with Gasteiger partial charge in [-0.15, -0.1) is 11.3 Å². The summed E-state index contributed by atoms with van der Waals surface area (Å²) in [6.45, 7) is 0.406. The zero-order valence-electron chi connectivity index (χ0n) is 19.8. The van der Waals surface area contributed by atoms with E-state index in [2.05, 4.69) is 5.16 Å². The van der Waals surface area contributed by atoms with E-state index in [1.807, 2.05) is 5.38 Å². The molecule has 0 radical (unpaired) electrons. The van der Waals surface area contributed by atoms with Crippen LogP contribution in [0, 0.1) is 0 Å². The number of alkyl halides is 3. The number of hydrogen-bond acceptors (Lipinski definition) is 6. The summed E-state index contributed by atoms with van der Waals surface area (Å²) in [7, 11) is 0. The van der Waals surface area contributed by atoms with Gasteiger partial charge in [0.2, 0.25) is 5.91 Å². The maximum atomic E-state index is 13.0. The third kappa shape index (κ3) is 5.60. The predicted molar refractivity (Wildman–Crippen MR) is 138 cm³/mol. The normalized spacial score (nSPS) is 18.4. The molecule has 5 rings (SSSR count). The Balaban J connectivity index is 1.18. The highest BCUT2D eigenvalue weighted by molar-refractivity contribution is 7.10. The fraction of sp³-hybridized carbons (Fsp3) is 0.360. The molecule has 7 nitrogen and oxygen atoms in total. The third-order valence-corrected chi connectivity index (χ3v) is 8.21. The Morgan fingerprint density at radius 3 is 2.68 bits per heavy atom. The predicted octanol–water partition coefficient (Wildman–Crippen LogP) is 5.90. The van der Waals surface area contributed by atoms with Gasteiger partial charge in [-0.3, -0.25) is 9.59 Å². The number of piperidine rings is 1. The summed E-state index contributed by atoms with van der Waals surface area (Å²) in [5.41, 5.74) is -0.305. The van der Waals surface area contributed by atoms with E-state index in [1.165, 1.54) is 17.5 Å². The van der Waals surface area contributed by atoms with Crippen LogP contribution in [0.25, 0.3) is 0 Å². The van der Waals surface area contributed by atoms with Crippen molar-refractivity contribution in [2.75, 3.05) is 13.1 Å². The van der Waals surface area contributed by atoms with Gasteiger partial charge in [-0.05, 0) is 43.2 Å². The monoisotopic (exact) mass is 584 g/mol. The van der Waals surface area contributed by atoms with Crippen LogP contribution in [0.4, 0.5) is 13.2 Å². The van der Waals surface area contributed by atoms with Gasteiger partial charge in [0.15, 0.2) is 6.10 Å². The molecular weight excluding hydrogens is 564 g/mol. The first-order valence-electron chi connectivity index (χ1n) is 11.8. The summed E-state index contributed by atoms with van der Waals surface area (Å²) >= 11 is 13.9. The van der Waals surface area contributed by atoms with Crippen molar-refractivity contribution >= 4 is 46.2 Å². The lowest BCUT2D eigenvalue weighted by Gasteiger charge is -2.31. The molecule has 0 spiro atoms. The summed E-state index contributed by atoms with van der Waals surface area (Å²) in [5, 5.41) is 8.17. The first-order valence-corrected chi connectivity index (χ1v) is 13.4. The number of benzene rings is 1. The Kier molecular flexibility index (Phi) is 7.52. The number of halogens is 5. The molecule has 200 valence electrons. The quantitative estimate of drug-likeness (QED) is 0.374. The van der Waals surface area contributed by atoms with Crippen LogP contribution in [-0.2, 0) is 22.4 Å². The molecule has 38 heavy (non-hydrogen) atoms. The first-order chi connectivity index (χ1) is 18.1. The van der Waals surface area contributed by atoms with Crippen LogP contribution in [0.2, 0.25) is 10.0 Å². The smallest absolute Gasteiger partial charge is 0.387 e. The second-order valence-electron chi connectivity index (χ2n) is 9.08. The minimum Gasteiger partial charge on any atom is -0.387 e. The highest BCUT2D eigenvalue weighted by atomic mass is 35.5. The van der Waals surface area contributed by atoms with Crippen molar-refractivity contribution < 1.29 is 22.8 Å². The van der Waals surface area contributed by atoms with E-state index in [4.69, 9.17) is 33.0 Å². The molecule has 13 heteroatoms. The van der Waals surface area contributed by atoms with E-state index in [0.717, 1.165) is 26.9 Å². The molecule has 0 aliphatic carbocycles. The molecule has 1 fully saturated rings. The van der Waals surface area contributed by atoms with Crippen LogP contribution >= 0.6 is 34.5 Å². The summed E-state index contributed by atoms with van der Waals surface area (Å²) < 4.78 is 39.8. The van der Waals surface area contributed by atoms with Crippen molar-refractivity contribution in [1.29, 1.82) is 0 Å². The van der Waals surface area contributed by atoms with Crippen molar-refractivity contribution in [3.05, 3.63) is 84.1 Å². The molecule has 2 aromatic heterocycles. The van der Waals surface area contributed by atoms with Crippen molar-refractivity contribution in [1.82, 2.24) is 14.5 Å². The van der Waals surface area contributed by atoms with Crippen molar-refractivity contribution in [3.63, 3.8) is 0 Å². The first kappa shape index (κ1) is 26.7. The highest BCUT2D eigenvalue weighted by Crippen LogP contribution is 2.37.